The molecule has 7 heteroatoms. The first-order valence-corrected chi connectivity index (χ1v) is 7.27. The summed E-state index contributed by atoms with van der Waals surface area (Å²) in [6.45, 7) is 0. The van der Waals surface area contributed by atoms with E-state index in [-0.39, 0.29) is 17.1 Å². The molecule has 1 saturated heterocycles. The van der Waals surface area contributed by atoms with Gasteiger partial charge in [0, 0.05) is 0 Å². The Morgan fingerprint density at radius 3 is 2.39 bits per heavy atom. The highest BCUT2D eigenvalue weighted by molar-refractivity contribution is 6.33. The van der Waals surface area contributed by atoms with Gasteiger partial charge in [-0.1, -0.05) is 24.3 Å². The number of phenols is 2. The van der Waals surface area contributed by atoms with Crippen molar-refractivity contribution in [1.82, 2.24) is 10.4 Å². The summed E-state index contributed by atoms with van der Waals surface area (Å²) in [6, 6.07) is 11.7. The number of carbonyl (C=O) groups excluding carboxylic acids is 2. The van der Waals surface area contributed by atoms with Crippen LogP contribution in [-0.4, -0.2) is 32.4 Å². The Labute approximate surface area is 136 Å². The van der Waals surface area contributed by atoms with Crippen LogP contribution in [0.5, 0.6) is 11.5 Å². The molecular formula is C16H13ClN2O4. The van der Waals surface area contributed by atoms with Crippen molar-refractivity contribution in [2.24, 2.45) is 0 Å². The second-order valence-corrected chi connectivity index (χ2v) is 5.57. The van der Waals surface area contributed by atoms with Crippen molar-refractivity contribution in [3.63, 3.8) is 0 Å². The molecular weight excluding hydrogens is 320 g/mol. The number of alkyl halides is 1. The maximum Gasteiger partial charge on any atom is 0.273 e. The van der Waals surface area contributed by atoms with E-state index in [0.29, 0.717) is 5.56 Å². The lowest BCUT2D eigenvalue weighted by Crippen LogP contribution is -2.63. The summed E-state index contributed by atoms with van der Waals surface area (Å²) in [5, 5.41) is 19.3. The van der Waals surface area contributed by atoms with Gasteiger partial charge in [-0.25, -0.2) is 5.01 Å². The Morgan fingerprint density at radius 1 is 1.09 bits per heavy atom. The van der Waals surface area contributed by atoms with Gasteiger partial charge in [0.2, 0.25) is 0 Å². The Kier molecular flexibility index (Phi) is 3.83. The minimum atomic E-state index is -0.802. The summed E-state index contributed by atoms with van der Waals surface area (Å²) < 4.78 is 0. The molecule has 0 aromatic heterocycles. The molecule has 23 heavy (non-hydrogen) atoms. The molecule has 2 aromatic carbocycles. The van der Waals surface area contributed by atoms with Crippen LogP contribution in [0.3, 0.4) is 0 Å². The van der Waals surface area contributed by atoms with Crippen LogP contribution >= 0.6 is 11.6 Å². The number of nitrogens with zero attached hydrogens (tertiary/aromatic N) is 1. The zero-order valence-electron chi connectivity index (χ0n) is 11.8. The van der Waals surface area contributed by atoms with Gasteiger partial charge >= 0.3 is 0 Å². The van der Waals surface area contributed by atoms with Crippen LogP contribution in [0, 0.1) is 0 Å². The Hall–Kier alpha value is -2.73. The number of hydrogen-bond donors (Lipinski definition) is 3. The number of amides is 2. The first kappa shape index (κ1) is 15.2. The van der Waals surface area contributed by atoms with Gasteiger partial charge in [0.15, 0.2) is 0 Å². The molecule has 0 saturated carbocycles. The number of benzene rings is 2. The van der Waals surface area contributed by atoms with Gasteiger partial charge in [-0.15, -0.1) is 11.6 Å². The lowest BCUT2D eigenvalue weighted by molar-refractivity contribution is -0.149. The van der Waals surface area contributed by atoms with Gasteiger partial charge in [0.25, 0.3) is 11.8 Å². The fourth-order valence-corrected chi connectivity index (χ4v) is 2.77. The third kappa shape index (κ3) is 2.68. The first-order chi connectivity index (χ1) is 11.0. The average Bonchev–Trinajstić information content (AvgIpc) is 2.56. The van der Waals surface area contributed by atoms with Gasteiger partial charge in [-0.05, 0) is 29.8 Å². The minimum absolute atomic E-state index is 0.0581. The molecule has 6 nitrogen and oxygen atoms in total. The SMILES string of the molecule is O=C(NN1C(=O)[C@H](Cl)[C@H]1c1ccc(O)cc1)c1ccccc1O. The van der Waals surface area contributed by atoms with Gasteiger partial charge in [0.05, 0.1) is 5.56 Å². The average molecular weight is 333 g/mol. The smallest absolute Gasteiger partial charge is 0.273 e. The molecule has 1 aliphatic heterocycles. The molecule has 0 bridgehead atoms. The van der Waals surface area contributed by atoms with Gasteiger partial charge in [-0.3, -0.25) is 15.0 Å². The number of aromatic hydroxyl groups is 2. The molecule has 1 fully saturated rings. The third-order valence-electron chi connectivity index (χ3n) is 3.63. The van der Waals surface area contributed by atoms with E-state index in [9.17, 15) is 19.8 Å². The summed E-state index contributed by atoms with van der Waals surface area (Å²) in [6.07, 6.45) is 0. The number of nitrogens with one attached hydrogen (secondary N) is 1. The number of hydrazine groups is 1. The van der Waals surface area contributed by atoms with Crippen LogP contribution in [0.15, 0.2) is 48.5 Å². The van der Waals surface area contributed by atoms with E-state index in [1.54, 1.807) is 24.3 Å². The number of para-hydroxylation sites is 1. The van der Waals surface area contributed by atoms with Crippen LogP contribution in [0.1, 0.15) is 22.0 Å². The second-order valence-electron chi connectivity index (χ2n) is 5.10. The Morgan fingerprint density at radius 2 is 1.74 bits per heavy atom. The highest BCUT2D eigenvalue weighted by Gasteiger charge is 2.48. The van der Waals surface area contributed by atoms with E-state index >= 15 is 0 Å². The highest BCUT2D eigenvalue weighted by Crippen LogP contribution is 2.37. The van der Waals surface area contributed by atoms with Crippen LogP contribution < -0.4 is 5.43 Å². The summed E-state index contributed by atoms with van der Waals surface area (Å²) in [5.74, 6) is -1.13. The monoisotopic (exact) mass is 332 g/mol. The van der Waals surface area contributed by atoms with Crippen molar-refractivity contribution in [3.05, 3.63) is 59.7 Å². The van der Waals surface area contributed by atoms with E-state index in [4.69, 9.17) is 11.6 Å². The van der Waals surface area contributed by atoms with Crippen LogP contribution in [0.4, 0.5) is 0 Å². The first-order valence-electron chi connectivity index (χ1n) is 6.84. The number of carbonyl (C=O) groups is 2. The number of halogens is 1. The van der Waals surface area contributed by atoms with Crippen LogP contribution in [0.2, 0.25) is 0 Å². The normalized spacial score (nSPS) is 20.0. The molecule has 0 spiro atoms. The van der Waals surface area contributed by atoms with Crippen molar-refractivity contribution in [1.29, 1.82) is 0 Å². The molecule has 1 heterocycles. The van der Waals surface area contributed by atoms with Crippen molar-refractivity contribution in [3.8, 4) is 11.5 Å². The van der Waals surface area contributed by atoms with E-state index in [1.165, 1.54) is 24.3 Å². The standard InChI is InChI=1S/C16H13ClN2O4/c17-13-14(9-5-7-10(20)8-6-9)19(16(13)23)18-15(22)11-3-1-2-4-12(11)21/h1-8,13-14,20-21H,(H,18,22)/t13-,14-/m1/s1. The Balaban J connectivity index is 1.81. The molecule has 3 N–H and O–H groups in total. The van der Waals surface area contributed by atoms with E-state index in [1.807, 2.05) is 0 Å². The molecule has 2 atom stereocenters. The lowest BCUT2D eigenvalue weighted by atomic mass is 9.95. The molecule has 0 unspecified atom stereocenters. The molecule has 0 radical (unpaired) electrons. The molecule has 3 rings (SSSR count). The van der Waals surface area contributed by atoms with Gasteiger partial charge < -0.3 is 10.2 Å². The Bertz CT molecular complexity index is 763. The number of rotatable bonds is 3. The predicted molar refractivity (Wildman–Crippen MR) is 82.9 cm³/mol. The zero-order valence-corrected chi connectivity index (χ0v) is 12.6. The zero-order chi connectivity index (χ0) is 16.6. The topological polar surface area (TPSA) is 89.9 Å². The summed E-state index contributed by atoms with van der Waals surface area (Å²) >= 11 is 6.04. The largest absolute Gasteiger partial charge is 0.508 e. The highest BCUT2D eigenvalue weighted by atomic mass is 35.5. The third-order valence-corrected chi connectivity index (χ3v) is 4.06. The van der Waals surface area contributed by atoms with Gasteiger partial charge in [-0.2, -0.15) is 0 Å². The summed E-state index contributed by atoms with van der Waals surface area (Å²) in [5.41, 5.74) is 3.19. The molecule has 2 aromatic rings. The fraction of sp³-hybridized carbons (Fsp3) is 0.125. The molecule has 0 aliphatic carbocycles. The van der Waals surface area contributed by atoms with Crippen LogP contribution in [-0.2, 0) is 4.79 Å². The van der Waals surface area contributed by atoms with E-state index < -0.39 is 23.2 Å². The fourth-order valence-electron chi connectivity index (χ4n) is 2.40. The summed E-state index contributed by atoms with van der Waals surface area (Å²) in [4.78, 5) is 24.1. The molecule has 2 amide bonds. The number of hydrogen-bond acceptors (Lipinski definition) is 4. The van der Waals surface area contributed by atoms with Crippen molar-refractivity contribution < 1.29 is 19.8 Å². The predicted octanol–water partition coefficient (Wildman–Crippen LogP) is 1.93. The van der Waals surface area contributed by atoms with Crippen LogP contribution in [0.25, 0.3) is 0 Å². The summed E-state index contributed by atoms with van der Waals surface area (Å²) in [7, 11) is 0. The quantitative estimate of drug-likeness (QED) is 0.592. The maximum absolute atomic E-state index is 12.2. The van der Waals surface area contributed by atoms with Crippen molar-refractivity contribution in [2.45, 2.75) is 11.4 Å². The van der Waals surface area contributed by atoms with E-state index in [0.717, 1.165) is 5.01 Å². The van der Waals surface area contributed by atoms with E-state index in [2.05, 4.69) is 5.43 Å². The van der Waals surface area contributed by atoms with Crippen molar-refractivity contribution >= 4 is 23.4 Å². The molecule has 118 valence electrons. The molecule has 1 aliphatic rings. The maximum atomic E-state index is 12.2. The van der Waals surface area contributed by atoms with Crippen molar-refractivity contribution in [2.75, 3.05) is 0 Å². The number of β-lactam (4-membered cyclic amide) rings is 1. The van der Waals surface area contributed by atoms with Gasteiger partial charge in [0.1, 0.15) is 22.9 Å². The minimum Gasteiger partial charge on any atom is -0.508 e. The number of phenolic OH excluding ortho intramolecular Hbond substituents is 2. The second kappa shape index (κ2) is 5.81. The lowest BCUT2D eigenvalue weighted by Gasteiger charge is -2.43.